The fourth-order valence-corrected chi connectivity index (χ4v) is 3.35. The largest absolute Gasteiger partial charge is 0.368 e. The van der Waals surface area contributed by atoms with E-state index in [1.807, 2.05) is 26.8 Å². The topological polar surface area (TPSA) is 68.8 Å². The minimum Gasteiger partial charge on any atom is -0.368 e. The molecule has 1 fully saturated rings. The van der Waals surface area contributed by atoms with Gasteiger partial charge in [0.1, 0.15) is 0 Å². The molecule has 1 aromatic carbocycles. The third-order valence-electron chi connectivity index (χ3n) is 4.33. The van der Waals surface area contributed by atoms with Crippen LogP contribution in [-0.2, 0) is 4.79 Å². The van der Waals surface area contributed by atoms with Gasteiger partial charge in [-0.1, -0.05) is 32.9 Å². The number of rotatable bonds is 5. The molecule has 2 rings (SSSR count). The summed E-state index contributed by atoms with van der Waals surface area (Å²) in [5.74, 6) is 0.830. The molecule has 7 heteroatoms. The van der Waals surface area contributed by atoms with Gasteiger partial charge in [-0.15, -0.1) is 0 Å². The van der Waals surface area contributed by atoms with E-state index < -0.39 is 0 Å². The van der Waals surface area contributed by atoms with Crippen molar-refractivity contribution < 1.29 is 4.79 Å². The van der Waals surface area contributed by atoms with Gasteiger partial charge in [0, 0.05) is 49.2 Å². The molecule has 0 aliphatic carbocycles. The second-order valence-electron chi connectivity index (χ2n) is 7.53. The van der Waals surface area contributed by atoms with Crippen LogP contribution >= 0.6 is 15.9 Å². The lowest BCUT2D eigenvalue weighted by Crippen LogP contribution is -2.47. The lowest BCUT2D eigenvalue weighted by Gasteiger charge is -2.22. The number of guanidine groups is 1. The highest BCUT2D eigenvalue weighted by atomic mass is 79.9. The lowest BCUT2D eigenvalue weighted by atomic mass is 9.96. The molecular weight excluding hydrogens is 394 g/mol. The van der Waals surface area contributed by atoms with Crippen molar-refractivity contribution in [1.82, 2.24) is 16.0 Å². The number of para-hydroxylation sites is 1. The molecule has 1 atom stereocenters. The van der Waals surface area contributed by atoms with E-state index in [0.717, 1.165) is 29.9 Å². The summed E-state index contributed by atoms with van der Waals surface area (Å²) in [5, 5.41) is 9.67. The Balaban J connectivity index is 1.75. The molecule has 26 heavy (non-hydrogen) atoms. The molecule has 0 saturated carbocycles. The van der Waals surface area contributed by atoms with Crippen LogP contribution < -0.4 is 20.9 Å². The van der Waals surface area contributed by atoms with Crippen molar-refractivity contribution in [2.75, 3.05) is 38.1 Å². The molecule has 6 nitrogen and oxygen atoms in total. The normalized spacial score (nSPS) is 18.0. The average molecular weight is 424 g/mol. The SMILES string of the molecule is CN=C(NCCNC(=O)C(C)(C)C)NC1CCN(c2ccccc2Br)C1. The van der Waals surface area contributed by atoms with E-state index in [-0.39, 0.29) is 11.3 Å². The Morgan fingerprint density at radius 3 is 2.62 bits per heavy atom. The number of nitrogens with zero attached hydrogens (tertiary/aromatic N) is 2. The van der Waals surface area contributed by atoms with Crippen molar-refractivity contribution in [2.45, 2.75) is 33.2 Å². The Morgan fingerprint density at radius 1 is 1.27 bits per heavy atom. The van der Waals surface area contributed by atoms with Gasteiger partial charge in [0.15, 0.2) is 5.96 Å². The van der Waals surface area contributed by atoms with E-state index >= 15 is 0 Å². The van der Waals surface area contributed by atoms with Crippen molar-refractivity contribution in [1.29, 1.82) is 0 Å². The number of amides is 1. The van der Waals surface area contributed by atoms with Crippen LogP contribution in [0.2, 0.25) is 0 Å². The highest BCUT2D eigenvalue weighted by molar-refractivity contribution is 9.10. The second-order valence-corrected chi connectivity index (χ2v) is 8.39. The molecule has 1 aliphatic heterocycles. The van der Waals surface area contributed by atoms with Gasteiger partial charge in [-0.05, 0) is 34.5 Å². The number of carbonyl (C=O) groups is 1. The van der Waals surface area contributed by atoms with Crippen molar-refractivity contribution in [3.8, 4) is 0 Å². The molecular formula is C19H30BrN5O. The predicted octanol–water partition coefficient (Wildman–Crippen LogP) is 2.36. The number of nitrogens with one attached hydrogen (secondary N) is 3. The van der Waals surface area contributed by atoms with Crippen LogP contribution in [0, 0.1) is 5.41 Å². The first-order chi connectivity index (χ1) is 12.3. The predicted molar refractivity (Wildman–Crippen MR) is 112 cm³/mol. The molecule has 144 valence electrons. The first-order valence-electron chi connectivity index (χ1n) is 9.06. The summed E-state index contributed by atoms with van der Waals surface area (Å²) in [6.07, 6.45) is 1.06. The zero-order valence-electron chi connectivity index (χ0n) is 16.1. The van der Waals surface area contributed by atoms with Crippen molar-refractivity contribution in [3.05, 3.63) is 28.7 Å². The molecule has 1 saturated heterocycles. The van der Waals surface area contributed by atoms with Crippen LogP contribution in [-0.4, -0.2) is 51.1 Å². The summed E-state index contributed by atoms with van der Waals surface area (Å²) in [5.41, 5.74) is 0.864. The smallest absolute Gasteiger partial charge is 0.225 e. The molecule has 1 aromatic rings. The Bertz CT molecular complexity index is 641. The Kier molecular flexibility index (Phi) is 7.32. The van der Waals surface area contributed by atoms with Gasteiger partial charge in [0.25, 0.3) is 0 Å². The molecule has 1 aliphatic rings. The van der Waals surface area contributed by atoms with Gasteiger partial charge in [-0.3, -0.25) is 9.79 Å². The maximum Gasteiger partial charge on any atom is 0.225 e. The first kappa shape index (κ1) is 20.6. The highest BCUT2D eigenvalue weighted by Gasteiger charge is 2.24. The van der Waals surface area contributed by atoms with E-state index in [9.17, 15) is 4.79 Å². The zero-order chi connectivity index (χ0) is 19.2. The summed E-state index contributed by atoms with van der Waals surface area (Å²) in [6, 6.07) is 8.65. The molecule has 0 bridgehead atoms. The van der Waals surface area contributed by atoms with Gasteiger partial charge >= 0.3 is 0 Å². The third kappa shape index (κ3) is 5.90. The van der Waals surface area contributed by atoms with Crippen molar-refractivity contribution >= 4 is 33.5 Å². The number of halogens is 1. The second kappa shape index (κ2) is 9.26. The van der Waals surface area contributed by atoms with Gasteiger partial charge < -0.3 is 20.9 Å². The lowest BCUT2D eigenvalue weighted by molar-refractivity contribution is -0.128. The fraction of sp³-hybridized carbons (Fsp3) is 0.579. The van der Waals surface area contributed by atoms with Gasteiger partial charge in [0.05, 0.1) is 5.69 Å². The number of carbonyl (C=O) groups excluding carboxylic acids is 1. The van der Waals surface area contributed by atoms with Crippen LogP contribution in [0.5, 0.6) is 0 Å². The minimum atomic E-state index is -0.362. The number of hydrogen-bond donors (Lipinski definition) is 3. The number of hydrogen-bond acceptors (Lipinski definition) is 3. The monoisotopic (exact) mass is 423 g/mol. The molecule has 3 N–H and O–H groups in total. The summed E-state index contributed by atoms with van der Waals surface area (Å²) in [7, 11) is 1.77. The van der Waals surface area contributed by atoms with Crippen LogP contribution in [0.15, 0.2) is 33.7 Å². The molecule has 1 unspecified atom stereocenters. The number of anilines is 1. The van der Waals surface area contributed by atoms with Crippen molar-refractivity contribution in [3.63, 3.8) is 0 Å². The standard InChI is InChI=1S/C19H30BrN5O/c1-19(2,3)17(26)22-10-11-23-18(21-4)24-14-9-12-25(13-14)16-8-6-5-7-15(16)20/h5-8,14H,9-13H2,1-4H3,(H,22,26)(H2,21,23,24). The average Bonchev–Trinajstić information content (AvgIpc) is 3.05. The Morgan fingerprint density at radius 2 is 1.96 bits per heavy atom. The summed E-state index contributed by atoms with van der Waals surface area (Å²) < 4.78 is 1.12. The first-order valence-corrected chi connectivity index (χ1v) is 9.85. The molecule has 0 radical (unpaired) electrons. The third-order valence-corrected chi connectivity index (χ3v) is 5.00. The highest BCUT2D eigenvalue weighted by Crippen LogP contribution is 2.28. The summed E-state index contributed by atoms with van der Waals surface area (Å²) in [4.78, 5) is 18.5. The molecule has 0 aromatic heterocycles. The van der Waals surface area contributed by atoms with Gasteiger partial charge in [0.2, 0.25) is 5.91 Å². The number of benzene rings is 1. The Hall–Kier alpha value is -1.76. The van der Waals surface area contributed by atoms with Gasteiger partial charge in [-0.25, -0.2) is 0 Å². The van der Waals surface area contributed by atoms with Crippen LogP contribution in [0.1, 0.15) is 27.2 Å². The molecule has 1 amide bonds. The van der Waals surface area contributed by atoms with E-state index in [4.69, 9.17) is 0 Å². The van der Waals surface area contributed by atoms with E-state index in [2.05, 4.69) is 60.0 Å². The van der Waals surface area contributed by atoms with Crippen LogP contribution in [0.4, 0.5) is 5.69 Å². The molecule has 0 spiro atoms. The number of aliphatic imine (C=N–C) groups is 1. The van der Waals surface area contributed by atoms with Crippen LogP contribution in [0.3, 0.4) is 0 Å². The fourth-order valence-electron chi connectivity index (χ4n) is 2.82. The van der Waals surface area contributed by atoms with E-state index in [1.165, 1.54) is 5.69 Å². The molecule has 1 heterocycles. The van der Waals surface area contributed by atoms with Crippen molar-refractivity contribution in [2.24, 2.45) is 10.4 Å². The van der Waals surface area contributed by atoms with E-state index in [0.29, 0.717) is 19.1 Å². The summed E-state index contributed by atoms with van der Waals surface area (Å²) >= 11 is 3.63. The van der Waals surface area contributed by atoms with Gasteiger partial charge in [-0.2, -0.15) is 0 Å². The van der Waals surface area contributed by atoms with E-state index in [1.54, 1.807) is 7.05 Å². The maximum atomic E-state index is 11.9. The zero-order valence-corrected chi connectivity index (χ0v) is 17.7. The minimum absolute atomic E-state index is 0.0575. The Labute approximate surface area is 165 Å². The quantitative estimate of drug-likeness (QED) is 0.386. The van der Waals surface area contributed by atoms with Crippen LogP contribution in [0.25, 0.3) is 0 Å². The maximum absolute atomic E-state index is 11.9. The summed E-state index contributed by atoms with van der Waals surface area (Å²) in [6.45, 7) is 8.89.